The van der Waals surface area contributed by atoms with Gasteiger partial charge in [-0.2, -0.15) is 0 Å². The average Bonchev–Trinajstić information content (AvgIpc) is 2.24. The lowest BCUT2D eigenvalue weighted by atomic mass is 9.86. The highest BCUT2D eigenvalue weighted by atomic mass is 16.3. The summed E-state index contributed by atoms with van der Waals surface area (Å²) in [5, 5.41) is 13.4. The van der Waals surface area contributed by atoms with Gasteiger partial charge >= 0.3 is 0 Å². The van der Waals surface area contributed by atoms with Gasteiger partial charge in [-0.25, -0.2) is 0 Å². The Balaban J connectivity index is 2.58. The van der Waals surface area contributed by atoms with Gasteiger partial charge in [-0.15, -0.1) is 0 Å². The molecule has 0 heterocycles. The van der Waals surface area contributed by atoms with Crippen LogP contribution in [0.2, 0.25) is 0 Å². The van der Waals surface area contributed by atoms with E-state index >= 15 is 0 Å². The predicted octanol–water partition coefficient (Wildman–Crippen LogP) is 3.83. The molecule has 102 valence electrons. The Hall–Kier alpha value is -1.02. The van der Waals surface area contributed by atoms with E-state index in [1.54, 1.807) is 0 Å². The van der Waals surface area contributed by atoms with Gasteiger partial charge in [-0.1, -0.05) is 46.8 Å². The van der Waals surface area contributed by atoms with Crippen molar-refractivity contribution in [2.24, 2.45) is 5.92 Å². The van der Waals surface area contributed by atoms with E-state index in [-0.39, 0.29) is 5.41 Å². The van der Waals surface area contributed by atoms with Crippen LogP contribution in [0.25, 0.3) is 0 Å². The first-order chi connectivity index (χ1) is 8.30. The Kier molecular flexibility index (Phi) is 5.21. The Bertz CT molecular complexity index is 377. The van der Waals surface area contributed by atoms with Gasteiger partial charge in [-0.05, 0) is 35.9 Å². The molecule has 0 aliphatic rings. The zero-order valence-electron chi connectivity index (χ0n) is 12.4. The predicted molar refractivity (Wildman–Crippen MR) is 78.0 cm³/mol. The topological polar surface area (TPSA) is 32.3 Å². The highest BCUT2D eigenvalue weighted by Crippen LogP contribution is 2.27. The van der Waals surface area contributed by atoms with Crippen LogP contribution >= 0.6 is 0 Å². The minimum Gasteiger partial charge on any atom is -0.508 e. The van der Waals surface area contributed by atoms with E-state index in [9.17, 15) is 5.11 Å². The molecular formula is C16H27NO. The molecule has 0 spiro atoms. The first-order valence-corrected chi connectivity index (χ1v) is 6.84. The minimum absolute atomic E-state index is 0.0844. The highest BCUT2D eigenvalue weighted by molar-refractivity contribution is 5.38. The van der Waals surface area contributed by atoms with Crippen LogP contribution < -0.4 is 5.32 Å². The summed E-state index contributed by atoms with van der Waals surface area (Å²) in [6, 6.07) is 6.02. The number of benzene rings is 1. The molecule has 2 heteroatoms. The third-order valence-electron chi connectivity index (χ3n) is 3.17. The fourth-order valence-electron chi connectivity index (χ4n) is 1.79. The fraction of sp³-hybridized carbons (Fsp3) is 0.625. The van der Waals surface area contributed by atoms with Crippen molar-refractivity contribution in [1.29, 1.82) is 0 Å². The zero-order chi connectivity index (χ0) is 13.8. The molecule has 1 aromatic carbocycles. The molecule has 0 atom stereocenters. The summed E-state index contributed by atoms with van der Waals surface area (Å²) >= 11 is 0. The first-order valence-electron chi connectivity index (χ1n) is 6.84. The Morgan fingerprint density at radius 1 is 1.22 bits per heavy atom. The zero-order valence-corrected chi connectivity index (χ0v) is 12.4. The Morgan fingerprint density at radius 2 is 1.89 bits per heavy atom. The van der Waals surface area contributed by atoms with Crippen LogP contribution in [0.15, 0.2) is 18.2 Å². The maximum Gasteiger partial charge on any atom is 0.120 e. The van der Waals surface area contributed by atoms with Gasteiger partial charge < -0.3 is 10.4 Å². The molecule has 0 amide bonds. The maximum atomic E-state index is 10.0. The number of hydrogen-bond acceptors (Lipinski definition) is 2. The van der Waals surface area contributed by atoms with E-state index in [4.69, 9.17) is 0 Å². The lowest BCUT2D eigenvalue weighted by molar-refractivity contribution is 0.458. The van der Waals surface area contributed by atoms with Crippen LogP contribution in [0.4, 0.5) is 0 Å². The summed E-state index contributed by atoms with van der Waals surface area (Å²) in [6.07, 6.45) is 1.17. The summed E-state index contributed by atoms with van der Waals surface area (Å²) in [4.78, 5) is 0. The largest absolute Gasteiger partial charge is 0.508 e. The third kappa shape index (κ3) is 4.69. The second-order valence-corrected chi connectivity index (χ2v) is 6.45. The monoisotopic (exact) mass is 249 g/mol. The lowest BCUT2D eigenvalue weighted by Crippen LogP contribution is -2.17. The van der Waals surface area contributed by atoms with Crippen molar-refractivity contribution in [1.82, 2.24) is 5.32 Å². The van der Waals surface area contributed by atoms with Gasteiger partial charge in [0.1, 0.15) is 5.75 Å². The standard InChI is InChI=1S/C16H27NO/c1-12(2)8-9-17-11-13-6-7-14(10-15(13)18)16(3,4)5/h6-7,10,12,17-18H,8-9,11H2,1-5H3. The van der Waals surface area contributed by atoms with Crippen molar-refractivity contribution in [3.8, 4) is 5.75 Å². The first kappa shape index (κ1) is 15.0. The van der Waals surface area contributed by atoms with Crippen LogP contribution in [0, 0.1) is 5.92 Å². The SMILES string of the molecule is CC(C)CCNCc1ccc(C(C)(C)C)cc1O. The molecule has 2 N–H and O–H groups in total. The Morgan fingerprint density at radius 3 is 2.39 bits per heavy atom. The molecule has 2 nitrogen and oxygen atoms in total. The van der Waals surface area contributed by atoms with E-state index < -0.39 is 0 Å². The van der Waals surface area contributed by atoms with E-state index in [2.05, 4.69) is 46.0 Å². The van der Waals surface area contributed by atoms with Gasteiger partial charge in [-0.3, -0.25) is 0 Å². The number of rotatable bonds is 5. The molecule has 0 unspecified atom stereocenters. The normalized spacial score (nSPS) is 12.1. The Labute approximate surface area is 111 Å². The highest BCUT2D eigenvalue weighted by Gasteiger charge is 2.15. The van der Waals surface area contributed by atoms with Crippen molar-refractivity contribution in [2.45, 2.75) is 53.0 Å². The van der Waals surface area contributed by atoms with Crippen LogP contribution in [0.5, 0.6) is 5.75 Å². The van der Waals surface area contributed by atoms with Crippen LogP contribution in [0.3, 0.4) is 0 Å². The molecule has 0 bridgehead atoms. The molecule has 1 rings (SSSR count). The van der Waals surface area contributed by atoms with Gasteiger partial charge in [0.2, 0.25) is 0 Å². The summed E-state index contributed by atoms with van der Waals surface area (Å²) in [6.45, 7) is 12.6. The van der Waals surface area contributed by atoms with Gasteiger partial charge in [0.25, 0.3) is 0 Å². The minimum atomic E-state index is 0.0844. The molecule has 0 aliphatic carbocycles. The van der Waals surface area contributed by atoms with Gasteiger partial charge in [0.05, 0.1) is 0 Å². The van der Waals surface area contributed by atoms with Crippen LogP contribution in [-0.2, 0) is 12.0 Å². The van der Waals surface area contributed by atoms with Crippen molar-refractivity contribution in [3.05, 3.63) is 29.3 Å². The van der Waals surface area contributed by atoms with Crippen molar-refractivity contribution in [3.63, 3.8) is 0 Å². The quantitative estimate of drug-likeness (QED) is 0.777. The van der Waals surface area contributed by atoms with E-state index in [0.717, 1.165) is 24.6 Å². The van der Waals surface area contributed by atoms with E-state index in [0.29, 0.717) is 5.75 Å². The smallest absolute Gasteiger partial charge is 0.120 e. The van der Waals surface area contributed by atoms with E-state index in [1.807, 2.05) is 12.1 Å². The van der Waals surface area contributed by atoms with Crippen LogP contribution in [-0.4, -0.2) is 11.7 Å². The number of hydrogen-bond donors (Lipinski definition) is 2. The van der Waals surface area contributed by atoms with Crippen molar-refractivity contribution in [2.75, 3.05) is 6.54 Å². The summed E-state index contributed by atoms with van der Waals surface area (Å²) in [7, 11) is 0. The average molecular weight is 249 g/mol. The molecule has 18 heavy (non-hydrogen) atoms. The fourth-order valence-corrected chi connectivity index (χ4v) is 1.79. The molecule has 0 saturated carbocycles. The number of nitrogens with one attached hydrogen (secondary N) is 1. The van der Waals surface area contributed by atoms with Gasteiger partial charge in [0, 0.05) is 12.1 Å². The van der Waals surface area contributed by atoms with Crippen molar-refractivity contribution < 1.29 is 5.11 Å². The molecule has 0 saturated heterocycles. The molecule has 0 fully saturated rings. The number of phenolic OH excluding ortho intramolecular Hbond substituents is 1. The maximum absolute atomic E-state index is 10.0. The summed E-state index contributed by atoms with van der Waals surface area (Å²) < 4.78 is 0. The molecule has 0 radical (unpaired) electrons. The van der Waals surface area contributed by atoms with Crippen molar-refractivity contribution >= 4 is 0 Å². The second-order valence-electron chi connectivity index (χ2n) is 6.45. The molecule has 0 aliphatic heterocycles. The molecule has 0 aromatic heterocycles. The summed E-state index contributed by atoms with van der Waals surface area (Å²) in [5.74, 6) is 1.12. The third-order valence-corrected chi connectivity index (χ3v) is 3.17. The van der Waals surface area contributed by atoms with Gasteiger partial charge in [0.15, 0.2) is 0 Å². The van der Waals surface area contributed by atoms with E-state index in [1.165, 1.54) is 12.0 Å². The molecular weight excluding hydrogens is 222 g/mol. The van der Waals surface area contributed by atoms with Crippen LogP contribution in [0.1, 0.15) is 52.2 Å². The lowest BCUT2D eigenvalue weighted by Gasteiger charge is -2.20. The molecule has 1 aromatic rings. The summed E-state index contributed by atoms with van der Waals surface area (Å²) in [5.41, 5.74) is 2.24. The number of aromatic hydroxyl groups is 1. The second kappa shape index (κ2) is 6.24. The number of phenols is 1.